The average molecular weight is 393 g/mol. The maximum Gasteiger partial charge on any atom is 0.236 e. The lowest BCUT2D eigenvalue weighted by molar-refractivity contribution is -0.136. The Kier molecular flexibility index (Phi) is 5.92. The van der Waals surface area contributed by atoms with E-state index in [1.165, 1.54) is 18.2 Å². The maximum atomic E-state index is 13.0. The third kappa shape index (κ3) is 3.91. The van der Waals surface area contributed by atoms with Gasteiger partial charge in [-0.2, -0.15) is 0 Å². The van der Waals surface area contributed by atoms with Gasteiger partial charge in [0.15, 0.2) is 11.0 Å². The molecule has 1 aromatic heterocycles. The second-order valence-corrected chi connectivity index (χ2v) is 8.75. The Balaban J connectivity index is 1.74. The van der Waals surface area contributed by atoms with Gasteiger partial charge in [0.25, 0.3) is 0 Å². The molecular weight excluding hydrogens is 368 g/mol. The number of amides is 1. The fourth-order valence-electron chi connectivity index (χ4n) is 3.54. The number of halogens is 1. The van der Waals surface area contributed by atoms with Crippen molar-refractivity contribution >= 4 is 29.3 Å². The zero-order valence-electron chi connectivity index (χ0n) is 15.6. The minimum atomic E-state index is -0.195. The fourth-order valence-corrected chi connectivity index (χ4v) is 4.54. The van der Waals surface area contributed by atoms with E-state index in [9.17, 15) is 4.79 Å². The van der Waals surface area contributed by atoms with Gasteiger partial charge >= 0.3 is 0 Å². The summed E-state index contributed by atoms with van der Waals surface area (Å²) in [5, 5.41) is 9.82. The number of thioether (sulfide) groups is 1. The molecule has 1 fully saturated rings. The average Bonchev–Trinajstić information content (AvgIpc) is 2.96. The first-order chi connectivity index (χ1) is 12.4. The summed E-state index contributed by atoms with van der Waals surface area (Å²) >= 11 is 7.42. The lowest BCUT2D eigenvalue weighted by Crippen LogP contribution is -2.50. The molecule has 0 aliphatic carbocycles. The standard InChI is InChI=1S/C19H25ClN4OS/c1-12-6-5-7-13(2)24(12)18(25)14(3)26-19-22-21-17(23(19)4)15-8-10-16(20)11-9-15/h8-14H,5-7H2,1-4H3/t12-,13-,14-/m1/s1. The molecule has 0 N–H and O–H groups in total. The summed E-state index contributed by atoms with van der Waals surface area (Å²) in [7, 11) is 1.93. The van der Waals surface area contributed by atoms with Crippen LogP contribution < -0.4 is 0 Å². The van der Waals surface area contributed by atoms with Gasteiger partial charge in [-0.15, -0.1) is 10.2 Å². The molecule has 1 aliphatic heterocycles. The Morgan fingerprint density at radius 2 is 1.81 bits per heavy atom. The number of carbonyl (C=O) groups excluding carboxylic acids is 1. The van der Waals surface area contributed by atoms with Crippen LogP contribution in [0.15, 0.2) is 29.4 Å². The van der Waals surface area contributed by atoms with Crippen molar-refractivity contribution in [3.63, 3.8) is 0 Å². The normalized spacial score (nSPS) is 21.7. The fraction of sp³-hybridized carbons (Fsp3) is 0.526. The van der Waals surface area contributed by atoms with Crippen LogP contribution in [-0.4, -0.2) is 42.9 Å². The van der Waals surface area contributed by atoms with Gasteiger partial charge in [0.05, 0.1) is 5.25 Å². The number of hydrogen-bond acceptors (Lipinski definition) is 4. The van der Waals surface area contributed by atoms with E-state index in [0.29, 0.717) is 17.1 Å². The molecule has 1 saturated heterocycles. The molecule has 0 radical (unpaired) electrons. The van der Waals surface area contributed by atoms with E-state index in [2.05, 4.69) is 28.9 Å². The predicted octanol–water partition coefficient (Wildman–Crippen LogP) is 4.41. The van der Waals surface area contributed by atoms with Gasteiger partial charge in [0.2, 0.25) is 5.91 Å². The SMILES string of the molecule is C[C@@H]1CCC[C@@H](C)N1C(=O)[C@@H](C)Sc1nnc(-c2ccc(Cl)cc2)n1C. The van der Waals surface area contributed by atoms with Crippen molar-refractivity contribution in [1.29, 1.82) is 0 Å². The second-order valence-electron chi connectivity index (χ2n) is 7.01. The minimum Gasteiger partial charge on any atom is -0.336 e. The van der Waals surface area contributed by atoms with Gasteiger partial charge in [-0.05, 0) is 64.3 Å². The summed E-state index contributed by atoms with van der Waals surface area (Å²) in [6.07, 6.45) is 3.36. The van der Waals surface area contributed by atoms with Gasteiger partial charge in [0.1, 0.15) is 0 Å². The molecule has 140 valence electrons. The Morgan fingerprint density at radius 3 is 2.42 bits per heavy atom. The molecule has 26 heavy (non-hydrogen) atoms. The number of rotatable bonds is 4. The molecule has 0 saturated carbocycles. The molecule has 0 bridgehead atoms. The summed E-state index contributed by atoms with van der Waals surface area (Å²) in [6, 6.07) is 8.13. The molecular formula is C19H25ClN4OS. The van der Waals surface area contributed by atoms with E-state index in [-0.39, 0.29) is 11.2 Å². The minimum absolute atomic E-state index is 0.186. The molecule has 0 spiro atoms. The Hall–Kier alpha value is -1.53. The molecule has 1 aliphatic rings. The van der Waals surface area contributed by atoms with Crippen molar-refractivity contribution in [2.45, 2.75) is 62.5 Å². The predicted molar refractivity (Wildman–Crippen MR) is 106 cm³/mol. The molecule has 3 atom stereocenters. The summed E-state index contributed by atoms with van der Waals surface area (Å²) in [5.74, 6) is 0.953. The molecule has 7 heteroatoms. The zero-order chi connectivity index (χ0) is 18.8. The van der Waals surface area contributed by atoms with Gasteiger partial charge < -0.3 is 9.47 Å². The van der Waals surface area contributed by atoms with E-state index in [1.54, 1.807) is 0 Å². The molecule has 2 aromatic rings. The largest absolute Gasteiger partial charge is 0.336 e. The Morgan fingerprint density at radius 1 is 1.19 bits per heavy atom. The first-order valence-corrected chi connectivity index (χ1v) is 10.3. The Bertz CT molecular complexity index is 766. The Labute approximate surface area is 164 Å². The van der Waals surface area contributed by atoms with Gasteiger partial charge in [-0.3, -0.25) is 4.79 Å². The number of carbonyl (C=O) groups is 1. The third-order valence-corrected chi connectivity index (χ3v) is 6.39. The van der Waals surface area contributed by atoms with Gasteiger partial charge in [-0.1, -0.05) is 23.4 Å². The number of likely N-dealkylation sites (tertiary alicyclic amines) is 1. The highest BCUT2D eigenvalue weighted by atomic mass is 35.5. The first-order valence-electron chi connectivity index (χ1n) is 9.02. The number of aromatic nitrogens is 3. The van der Waals surface area contributed by atoms with Crippen molar-refractivity contribution in [3.05, 3.63) is 29.3 Å². The van der Waals surface area contributed by atoms with Crippen LogP contribution in [0.2, 0.25) is 5.02 Å². The number of hydrogen-bond donors (Lipinski definition) is 0. The molecule has 2 heterocycles. The van der Waals surface area contributed by atoms with E-state index < -0.39 is 0 Å². The van der Waals surface area contributed by atoms with Crippen molar-refractivity contribution in [2.75, 3.05) is 0 Å². The van der Waals surface area contributed by atoms with E-state index in [0.717, 1.165) is 29.4 Å². The van der Waals surface area contributed by atoms with Crippen LogP contribution in [0.4, 0.5) is 0 Å². The summed E-state index contributed by atoms with van der Waals surface area (Å²) in [5.41, 5.74) is 0.952. The van der Waals surface area contributed by atoms with Gasteiger partial charge in [0, 0.05) is 29.7 Å². The van der Waals surface area contributed by atoms with Crippen LogP contribution in [0.3, 0.4) is 0 Å². The monoisotopic (exact) mass is 392 g/mol. The summed E-state index contributed by atoms with van der Waals surface area (Å²) in [6.45, 7) is 6.25. The molecule has 3 rings (SSSR count). The molecule has 1 amide bonds. The first kappa shape index (κ1) is 19.2. The quantitative estimate of drug-likeness (QED) is 0.723. The highest BCUT2D eigenvalue weighted by Crippen LogP contribution is 2.30. The lowest BCUT2D eigenvalue weighted by Gasteiger charge is -2.40. The van der Waals surface area contributed by atoms with Crippen molar-refractivity contribution in [1.82, 2.24) is 19.7 Å². The molecule has 5 nitrogen and oxygen atoms in total. The number of piperidine rings is 1. The number of benzene rings is 1. The number of nitrogens with zero attached hydrogens (tertiary/aromatic N) is 4. The van der Waals surface area contributed by atoms with E-state index >= 15 is 0 Å². The van der Waals surface area contributed by atoms with Crippen LogP contribution >= 0.6 is 23.4 Å². The topological polar surface area (TPSA) is 51.0 Å². The van der Waals surface area contributed by atoms with Crippen LogP contribution in [-0.2, 0) is 11.8 Å². The van der Waals surface area contributed by atoms with Crippen LogP contribution in [0.5, 0.6) is 0 Å². The zero-order valence-corrected chi connectivity index (χ0v) is 17.2. The highest BCUT2D eigenvalue weighted by molar-refractivity contribution is 8.00. The molecule has 1 aromatic carbocycles. The van der Waals surface area contributed by atoms with Crippen LogP contribution in [0.25, 0.3) is 11.4 Å². The second kappa shape index (κ2) is 8.01. The highest BCUT2D eigenvalue weighted by Gasteiger charge is 2.32. The van der Waals surface area contributed by atoms with Crippen molar-refractivity contribution < 1.29 is 4.79 Å². The van der Waals surface area contributed by atoms with E-state index in [1.807, 2.05) is 42.8 Å². The van der Waals surface area contributed by atoms with Crippen LogP contribution in [0.1, 0.15) is 40.0 Å². The summed E-state index contributed by atoms with van der Waals surface area (Å²) in [4.78, 5) is 15.0. The lowest BCUT2D eigenvalue weighted by atomic mass is 9.97. The van der Waals surface area contributed by atoms with Crippen molar-refractivity contribution in [3.8, 4) is 11.4 Å². The van der Waals surface area contributed by atoms with E-state index in [4.69, 9.17) is 11.6 Å². The summed E-state index contributed by atoms with van der Waals surface area (Å²) < 4.78 is 1.93. The van der Waals surface area contributed by atoms with Crippen molar-refractivity contribution in [2.24, 2.45) is 7.05 Å². The van der Waals surface area contributed by atoms with Crippen LogP contribution in [0, 0.1) is 0 Å². The maximum absolute atomic E-state index is 13.0. The smallest absolute Gasteiger partial charge is 0.236 e. The van der Waals surface area contributed by atoms with Gasteiger partial charge in [-0.25, -0.2) is 0 Å². The third-order valence-electron chi connectivity index (χ3n) is 5.02. The molecule has 0 unspecified atom stereocenters.